The molecule has 1 unspecified atom stereocenters. The van der Waals surface area contributed by atoms with E-state index in [1.165, 1.54) is 0 Å². The summed E-state index contributed by atoms with van der Waals surface area (Å²) in [6.45, 7) is 3.21. The number of hydrogen-bond donors (Lipinski definition) is 1. The fourth-order valence-electron chi connectivity index (χ4n) is 1.53. The molecule has 0 aromatic carbocycles. The lowest BCUT2D eigenvalue weighted by atomic mass is 10.1. The van der Waals surface area contributed by atoms with E-state index in [0.29, 0.717) is 32.5 Å². The van der Waals surface area contributed by atoms with Gasteiger partial charge in [0.1, 0.15) is 5.92 Å². The van der Waals surface area contributed by atoms with Crippen molar-refractivity contribution in [2.75, 3.05) is 19.6 Å². The summed E-state index contributed by atoms with van der Waals surface area (Å²) in [5, 5.41) is 11.5. The monoisotopic (exact) mass is 209 g/mol. The van der Waals surface area contributed by atoms with Crippen molar-refractivity contribution in [1.29, 1.82) is 5.26 Å². The molecule has 1 heterocycles. The molecule has 0 aromatic rings. The molecule has 1 N–H and O–H groups in total. The van der Waals surface area contributed by atoms with E-state index >= 15 is 0 Å². The third-order valence-electron chi connectivity index (χ3n) is 2.49. The summed E-state index contributed by atoms with van der Waals surface area (Å²) in [7, 11) is 0. The van der Waals surface area contributed by atoms with Gasteiger partial charge in [-0.2, -0.15) is 5.26 Å². The van der Waals surface area contributed by atoms with Crippen LogP contribution in [0, 0.1) is 17.2 Å². The van der Waals surface area contributed by atoms with Crippen LogP contribution in [0.25, 0.3) is 0 Å². The van der Waals surface area contributed by atoms with Crippen molar-refractivity contribution in [3.63, 3.8) is 0 Å². The summed E-state index contributed by atoms with van der Waals surface area (Å²) in [6.07, 6.45) is 0.848. The van der Waals surface area contributed by atoms with Crippen LogP contribution >= 0.6 is 0 Å². The Labute approximate surface area is 89.0 Å². The maximum absolute atomic E-state index is 11.8. The molecule has 1 aliphatic rings. The second kappa shape index (κ2) is 5.35. The van der Waals surface area contributed by atoms with Gasteiger partial charge in [0.25, 0.3) is 0 Å². The Kier molecular flexibility index (Phi) is 4.10. The number of amides is 2. The number of nitrogens with zero attached hydrogens (tertiary/aromatic N) is 2. The predicted molar refractivity (Wildman–Crippen MR) is 53.6 cm³/mol. The molecule has 2 amide bonds. The summed E-state index contributed by atoms with van der Waals surface area (Å²) >= 11 is 0. The third-order valence-corrected chi connectivity index (χ3v) is 2.49. The van der Waals surface area contributed by atoms with Crippen molar-refractivity contribution in [1.82, 2.24) is 10.2 Å². The molecule has 5 nitrogen and oxygen atoms in total. The summed E-state index contributed by atoms with van der Waals surface area (Å²) < 4.78 is 0. The van der Waals surface area contributed by atoms with Crippen LogP contribution in [0.15, 0.2) is 0 Å². The van der Waals surface area contributed by atoms with Gasteiger partial charge in [-0.3, -0.25) is 9.59 Å². The van der Waals surface area contributed by atoms with Gasteiger partial charge in [0.2, 0.25) is 11.8 Å². The highest BCUT2D eigenvalue weighted by molar-refractivity contribution is 5.83. The van der Waals surface area contributed by atoms with Crippen molar-refractivity contribution in [3.8, 4) is 6.07 Å². The van der Waals surface area contributed by atoms with E-state index in [4.69, 9.17) is 5.26 Å². The smallest absolute Gasteiger partial charge is 0.239 e. The van der Waals surface area contributed by atoms with Gasteiger partial charge >= 0.3 is 0 Å². The summed E-state index contributed by atoms with van der Waals surface area (Å²) in [5.74, 6) is -0.759. The van der Waals surface area contributed by atoms with Gasteiger partial charge in [-0.15, -0.1) is 0 Å². The lowest BCUT2D eigenvalue weighted by Gasteiger charge is -2.21. The molecule has 1 fully saturated rings. The number of carbonyl (C=O) groups is 2. The second-order valence-electron chi connectivity index (χ2n) is 3.52. The lowest BCUT2D eigenvalue weighted by Crippen LogP contribution is -2.37. The molecular formula is C10H15N3O2. The van der Waals surface area contributed by atoms with Crippen molar-refractivity contribution in [2.45, 2.75) is 19.8 Å². The molecule has 0 saturated carbocycles. The van der Waals surface area contributed by atoms with Crippen LogP contribution in [-0.4, -0.2) is 36.3 Å². The maximum atomic E-state index is 11.8. The summed E-state index contributed by atoms with van der Waals surface area (Å²) in [4.78, 5) is 24.4. The number of nitriles is 1. The minimum absolute atomic E-state index is 0.0321. The van der Waals surface area contributed by atoms with E-state index in [9.17, 15) is 9.59 Å². The van der Waals surface area contributed by atoms with Gasteiger partial charge in [-0.05, 0) is 6.42 Å². The molecule has 1 saturated heterocycles. The fraction of sp³-hybridized carbons (Fsp3) is 0.700. The van der Waals surface area contributed by atoms with E-state index in [1.807, 2.05) is 13.0 Å². The van der Waals surface area contributed by atoms with E-state index in [-0.39, 0.29) is 11.8 Å². The fourth-order valence-corrected chi connectivity index (χ4v) is 1.53. The molecule has 1 atom stereocenters. The zero-order valence-corrected chi connectivity index (χ0v) is 8.82. The van der Waals surface area contributed by atoms with Gasteiger partial charge < -0.3 is 10.2 Å². The summed E-state index contributed by atoms with van der Waals surface area (Å²) in [6, 6.07) is 1.98. The zero-order valence-electron chi connectivity index (χ0n) is 8.82. The van der Waals surface area contributed by atoms with Crippen LogP contribution in [0.5, 0.6) is 0 Å². The number of nitrogens with one attached hydrogen (secondary N) is 1. The van der Waals surface area contributed by atoms with Gasteiger partial charge in [-0.25, -0.2) is 0 Å². The Bertz CT molecular complexity index is 296. The first-order chi connectivity index (χ1) is 7.19. The molecule has 1 rings (SSSR count). The van der Waals surface area contributed by atoms with Crippen LogP contribution in [0.2, 0.25) is 0 Å². The number of carbonyl (C=O) groups excluding carboxylic acids is 2. The first-order valence-corrected chi connectivity index (χ1v) is 5.14. The number of rotatable bonds is 2. The van der Waals surface area contributed by atoms with Crippen LogP contribution < -0.4 is 5.32 Å². The van der Waals surface area contributed by atoms with Crippen LogP contribution in [-0.2, 0) is 9.59 Å². The highest BCUT2D eigenvalue weighted by Gasteiger charge is 2.24. The van der Waals surface area contributed by atoms with Crippen molar-refractivity contribution >= 4 is 11.8 Å². The highest BCUT2D eigenvalue weighted by Crippen LogP contribution is 2.08. The van der Waals surface area contributed by atoms with Crippen LogP contribution in [0.4, 0.5) is 0 Å². The van der Waals surface area contributed by atoms with Crippen LogP contribution in [0.1, 0.15) is 19.8 Å². The molecule has 1 aliphatic heterocycles. The molecule has 0 bridgehead atoms. The maximum Gasteiger partial charge on any atom is 0.239 e. The largest absolute Gasteiger partial charge is 0.354 e. The highest BCUT2D eigenvalue weighted by atomic mass is 16.2. The Morgan fingerprint density at radius 3 is 3.00 bits per heavy atom. The Balaban J connectivity index is 2.59. The number of hydrogen-bond acceptors (Lipinski definition) is 3. The molecular weight excluding hydrogens is 194 g/mol. The normalized spacial score (nSPS) is 18.7. The molecule has 0 aromatic heterocycles. The summed E-state index contributed by atoms with van der Waals surface area (Å²) in [5.41, 5.74) is 0. The van der Waals surface area contributed by atoms with E-state index in [0.717, 1.165) is 0 Å². The lowest BCUT2D eigenvalue weighted by molar-refractivity contribution is -0.133. The quantitative estimate of drug-likeness (QED) is 0.689. The topological polar surface area (TPSA) is 73.2 Å². The molecule has 0 radical (unpaired) electrons. The predicted octanol–water partition coefficient (Wildman–Crippen LogP) is -0.115. The molecule has 0 aliphatic carbocycles. The van der Waals surface area contributed by atoms with Crippen molar-refractivity contribution in [3.05, 3.63) is 0 Å². The van der Waals surface area contributed by atoms with E-state index in [2.05, 4.69) is 5.32 Å². The average molecular weight is 209 g/mol. The van der Waals surface area contributed by atoms with E-state index < -0.39 is 5.92 Å². The third kappa shape index (κ3) is 2.94. The standard InChI is InChI=1S/C10H15N3O2/c1-2-8(7-11)10(15)13-5-3-9(14)12-4-6-13/h8H,2-6H2,1H3,(H,12,14). The zero-order chi connectivity index (χ0) is 11.3. The van der Waals surface area contributed by atoms with Crippen molar-refractivity contribution < 1.29 is 9.59 Å². The molecule has 0 spiro atoms. The van der Waals surface area contributed by atoms with Crippen molar-refractivity contribution in [2.24, 2.45) is 5.92 Å². The average Bonchev–Trinajstić information content (AvgIpc) is 2.44. The Morgan fingerprint density at radius 2 is 2.40 bits per heavy atom. The minimum atomic E-state index is -0.571. The SMILES string of the molecule is CCC(C#N)C(=O)N1CCNC(=O)CC1. The van der Waals surface area contributed by atoms with Gasteiger partial charge in [-0.1, -0.05) is 6.92 Å². The molecule has 5 heteroatoms. The first-order valence-electron chi connectivity index (χ1n) is 5.14. The Hall–Kier alpha value is -1.57. The van der Waals surface area contributed by atoms with Crippen LogP contribution in [0.3, 0.4) is 0 Å². The molecule has 15 heavy (non-hydrogen) atoms. The first kappa shape index (κ1) is 11.5. The Morgan fingerprint density at radius 1 is 1.67 bits per heavy atom. The van der Waals surface area contributed by atoms with Gasteiger partial charge in [0.05, 0.1) is 6.07 Å². The van der Waals surface area contributed by atoms with Gasteiger partial charge in [0.15, 0.2) is 0 Å². The van der Waals surface area contributed by atoms with Gasteiger partial charge in [0, 0.05) is 26.1 Å². The second-order valence-corrected chi connectivity index (χ2v) is 3.52. The van der Waals surface area contributed by atoms with E-state index in [1.54, 1.807) is 4.90 Å². The molecule has 82 valence electrons. The minimum Gasteiger partial charge on any atom is -0.354 e.